The average molecular weight is 293 g/mol. The van der Waals surface area contributed by atoms with E-state index in [4.69, 9.17) is 15.3 Å². The molecular formula is C10H14BrFN2O2. The van der Waals surface area contributed by atoms with Crippen LogP contribution in [0.25, 0.3) is 0 Å². The van der Waals surface area contributed by atoms with Crippen molar-refractivity contribution in [2.45, 2.75) is 12.3 Å². The summed E-state index contributed by atoms with van der Waals surface area (Å²) in [6, 6.07) is 4.02. The van der Waals surface area contributed by atoms with E-state index >= 15 is 0 Å². The molecule has 16 heavy (non-hydrogen) atoms. The van der Waals surface area contributed by atoms with E-state index in [0.29, 0.717) is 5.56 Å². The van der Waals surface area contributed by atoms with Crippen molar-refractivity contribution < 1.29 is 13.9 Å². The fourth-order valence-corrected chi connectivity index (χ4v) is 1.82. The van der Waals surface area contributed by atoms with Gasteiger partial charge in [-0.05, 0) is 18.2 Å². The molecule has 0 radical (unpaired) electrons. The molecule has 1 aromatic carbocycles. The predicted octanol–water partition coefficient (Wildman–Crippen LogP) is 1.71. The van der Waals surface area contributed by atoms with Gasteiger partial charge < -0.3 is 9.47 Å². The maximum Gasteiger partial charge on any atom is 0.177 e. The van der Waals surface area contributed by atoms with E-state index in [9.17, 15) is 4.39 Å². The van der Waals surface area contributed by atoms with Crippen molar-refractivity contribution in [3.05, 3.63) is 34.1 Å². The summed E-state index contributed by atoms with van der Waals surface area (Å²) in [4.78, 5) is 0. The number of nitrogens with one attached hydrogen (secondary N) is 1. The highest BCUT2D eigenvalue weighted by Crippen LogP contribution is 2.25. The van der Waals surface area contributed by atoms with Crippen LogP contribution in [0.3, 0.4) is 0 Å². The smallest absolute Gasteiger partial charge is 0.177 e. The summed E-state index contributed by atoms with van der Waals surface area (Å²) in [5.74, 6) is 5.01. The minimum atomic E-state index is -0.659. The lowest BCUT2D eigenvalue weighted by molar-refractivity contribution is -0.124. The van der Waals surface area contributed by atoms with Gasteiger partial charge in [0.15, 0.2) is 6.29 Å². The quantitative estimate of drug-likeness (QED) is 0.493. The van der Waals surface area contributed by atoms with Gasteiger partial charge in [0.2, 0.25) is 0 Å². The second kappa shape index (κ2) is 6.27. The Bertz CT molecular complexity index is 348. The third-order valence-corrected chi connectivity index (χ3v) is 2.70. The molecule has 1 aromatic rings. The molecule has 0 aromatic heterocycles. The van der Waals surface area contributed by atoms with Crippen molar-refractivity contribution in [1.29, 1.82) is 0 Å². The third kappa shape index (κ3) is 2.99. The molecule has 0 aliphatic heterocycles. The third-order valence-electron chi connectivity index (χ3n) is 2.21. The van der Waals surface area contributed by atoms with Crippen molar-refractivity contribution in [3.8, 4) is 0 Å². The number of rotatable bonds is 5. The van der Waals surface area contributed by atoms with Gasteiger partial charge >= 0.3 is 0 Å². The second-order valence-corrected chi connectivity index (χ2v) is 4.07. The molecule has 0 aliphatic rings. The Morgan fingerprint density at radius 1 is 1.38 bits per heavy atom. The molecule has 1 unspecified atom stereocenters. The molecule has 1 rings (SSSR count). The van der Waals surface area contributed by atoms with Gasteiger partial charge in [-0.3, -0.25) is 5.84 Å². The van der Waals surface area contributed by atoms with Crippen LogP contribution in [-0.4, -0.2) is 20.5 Å². The van der Waals surface area contributed by atoms with Crippen LogP contribution < -0.4 is 11.3 Å². The highest BCUT2D eigenvalue weighted by Gasteiger charge is 2.24. The summed E-state index contributed by atoms with van der Waals surface area (Å²) in [6.45, 7) is 0. The number of halogens is 2. The average Bonchev–Trinajstić information content (AvgIpc) is 2.29. The van der Waals surface area contributed by atoms with Crippen LogP contribution in [0, 0.1) is 5.82 Å². The Labute approximate surface area is 102 Å². The Balaban J connectivity index is 3.06. The number of ether oxygens (including phenoxy) is 2. The van der Waals surface area contributed by atoms with Gasteiger partial charge in [-0.2, -0.15) is 0 Å². The predicted molar refractivity (Wildman–Crippen MR) is 62.0 cm³/mol. The van der Waals surface area contributed by atoms with E-state index < -0.39 is 12.3 Å². The van der Waals surface area contributed by atoms with E-state index in [2.05, 4.69) is 21.4 Å². The maximum absolute atomic E-state index is 13.6. The molecule has 1 atom stereocenters. The zero-order chi connectivity index (χ0) is 12.1. The number of hydrogen-bond donors (Lipinski definition) is 2. The molecule has 0 spiro atoms. The van der Waals surface area contributed by atoms with E-state index in [1.807, 2.05) is 0 Å². The Morgan fingerprint density at radius 3 is 2.50 bits per heavy atom. The van der Waals surface area contributed by atoms with Crippen LogP contribution in [0.4, 0.5) is 4.39 Å². The molecule has 0 heterocycles. The molecule has 90 valence electrons. The number of nitrogens with two attached hydrogens (primary N) is 1. The van der Waals surface area contributed by atoms with Gasteiger partial charge in [0.25, 0.3) is 0 Å². The molecule has 0 saturated carbocycles. The van der Waals surface area contributed by atoms with Crippen LogP contribution >= 0.6 is 15.9 Å². The lowest BCUT2D eigenvalue weighted by Crippen LogP contribution is -2.39. The molecule has 6 heteroatoms. The van der Waals surface area contributed by atoms with Crippen molar-refractivity contribution in [3.63, 3.8) is 0 Å². The number of benzene rings is 1. The van der Waals surface area contributed by atoms with Crippen LogP contribution in [0.1, 0.15) is 11.6 Å². The van der Waals surface area contributed by atoms with E-state index in [1.54, 1.807) is 12.1 Å². The normalized spacial score (nSPS) is 13.1. The standard InChI is InChI=1S/C10H14BrFN2O2/c1-15-10(16-2)9(14-13)7-5-6(11)3-4-8(7)12/h3-5,9-10,14H,13H2,1-2H3. The number of hydrazine groups is 1. The fourth-order valence-electron chi connectivity index (χ4n) is 1.44. The highest BCUT2D eigenvalue weighted by molar-refractivity contribution is 9.10. The van der Waals surface area contributed by atoms with E-state index in [-0.39, 0.29) is 5.82 Å². The largest absolute Gasteiger partial charge is 0.354 e. The molecule has 0 fully saturated rings. The first kappa shape index (κ1) is 13.5. The Morgan fingerprint density at radius 2 is 2.00 bits per heavy atom. The van der Waals surface area contributed by atoms with Gasteiger partial charge in [-0.1, -0.05) is 15.9 Å². The number of hydrogen-bond acceptors (Lipinski definition) is 4. The SMILES string of the molecule is COC(OC)C(NN)c1cc(Br)ccc1F. The first-order valence-electron chi connectivity index (χ1n) is 4.60. The van der Waals surface area contributed by atoms with Gasteiger partial charge in [0, 0.05) is 24.3 Å². The summed E-state index contributed by atoms with van der Waals surface area (Å²) in [7, 11) is 2.93. The summed E-state index contributed by atoms with van der Waals surface area (Å²) < 4.78 is 24.5. The van der Waals surface area contributed by atoms with Crippen molar-refractivity contribution in [1.82, 2.24) is 5.43 Å². The fraction of sp³-hybridized carbons (Fsp3) is 0.400. The summed E-state index contributed by atoms with van der Waals surface area (Å²) >= 11 is 3.27. The van der Waals surface area contributed by atoms with Crippen LogP contribution in [0.2, 0.25) is 0 Å². The van der Waals surface area contributed by atoms with Crippen LogP contribution in [0.5, 0.6) is 0 Å². The lowest BCUT2D eigenvalue weighted by Gasteiger charge is -2.24. The Hall–Kier alpha value is -0.530. The molecule has 0 bridgehead atoms. The van der Waals surface area contributed by atoms with Crippen LogP contribution in [0.15, 0.2) is 22.7 Å². The Kier molecular flexibility index (Phi) is 5.30. The van der Waals surface area contributed by atoms with Crippen molar-refractivity contribution >= 4 is 15.9 Å². The summed E-state index contributed by atoms with van der Waals surface area (Å²) in [6.07, 6.45) is -0.659. The van der Waals surface area contributed by atoms with E-state index in [0.717, 1.165) is 4.47 Å². The molecule has 0 saturated heterocycles. The lowest BCUT2D eigenvalue weighted by atomic mass is 10.1. The van der Waals surface area contributed by atoms with Crippen molar-refractivity contribution in [2.75, 3.05) is 14.2 Å². The summed E-state index contributed by atoms with van der Waals surface area (Å²) in [5.41, 5.74) is 2.86. The van der Waals surface area contributed by atoms with Crippen LogP contribution in [-0.2, 0) is 9.47 Å². The monoisotopic (exact) mass is 292 g/mol. The zero-order valence-corrected chi connectivity index (χ0v) is 10.6. The van der Waals surface area contributed by atoms with Gasteiger partial charge in [0.1, 0.15) is 5.82 Å². The minimum Gasteiger partial charge on any atom is -0.354 e. The van der Waals surface area contributed by atoms with E-state index in [1.165, 1.54) is 20.3 Å². The van der Waals surface area contributed by atoms with Gasteiger partial charge in [-0.15, -0.1) is 0 Å². The molecule has 0 aliphatic carbocycles. The van der Waals surface area contributed by atoms with Gasteiger partial charge in [0.05, 0.1) is 6.04 Å². The molecule has 4 nitrogen and oxygen atoms in total. The topological polar surface area (TPSA) is 56.5 Å². The summed E-state index contributed by atoms with van der Waals surface area (Å²) in [5, 5.41) is 0. The molecule has 3 N–H and O–H groups in total. The number of methoxy groups -OCH3 is 2. The van der Waals surface area contributed by atoms with Crippen molar-refractivity contribution in [2.24, 2.45) is 5.84 Å². The highest BCUT2D eigenvalue weighted by atomic mass is 79.9. The molecule has 0 amide bonds. The van der Waals surface area contributed by atoms with Gasteiger partial charge in [-0.25, -0.2) is 9.82 Å². The minimum absolute atomic E-state index is 0.370. The molecular weight excluding hydrogens is 279 g/mol. The zero-order valence-electron chi connectivity index (χ0n) is 9.04. The maximum atomic E-state index is 13.6. The first-order valence-corrected chi connectivity index (χ1v) is 5.40. The second-order valence-electron chi connectivity index (χ2n) is 3.15. The first-order chi connectivity index (χ1) is 7.63.